The zero-order valence-corrected chi connectivity index (χ0v) is 6.91. The van der Waals surface area contributed by atoms with Crippen LogP contribution in [0.3, 0.4) is 0 Å². The van der Waals surface area contributed by atoms with Crippen molar-refractivity contribution in [2.45, 2.75) is 18.4 Å². The molecule has 0 N–H and O–H groups in total. The Morgan fingerprint density at radius 2 is 2.42 bits per heavy atom. The van der Waals surface area contributed by atoms with Crippen molar-refractivity contribution in [2.75, 3.05) is 7.11 Å². The van der Waals surface area contributed by atoms with Crippen LogP contribution >= 0.6 is 0 Å². The summed E-state index contributed by atoms with van der Waals surface area (Å²) in [6.45, 7) is 0. The summed E-state index contributed by atoms with van der Waals surface area (Å²) in [5.74, 6) is 2.59. The second-order valence-electron chi connectivity index (χ2n) is 3.40. The molecule has 2 unspecified atom stereocenters. The summed E-state index contributed by atoms with van der Waals surface area (Å²) in [5.41, 5.74) is 1.36. The van der Waals surface area contributed by atoms with Crippen LogP contribution in [0.25, 0.3) is 0 Å². The summed E-state index contributed by atoms with van der Waals surface area (Å²) < 4.78 is 10.8. The molecule has 0 spiro atoms. The molecular weight excluding hydrogens is 152 g/mol. The van der Waals surface area contributed by atoms with Crippen LogP contribution in [0.2, 0.25) is 0 Å². The molecule has 0 aromatic heterocycles. The number of fused-ring (bicyclic) bond motifs is 3. The molecule has 1 saturated carbocycles. The van der Waals surface area contributed by atoms with Crippen molar-refractivity contribution in [1.29, 1.82) is 0 Å². The van der Waals surface area contributed by atoms with Gasteiger partial charge < -0.3 is 9.47 Å². The average molecular weight is 162 g/mol. The fourth-order valence-electron chi connectivity index (χ4n) is 1.84. The zero-order chi connectivity index (χ0) is 8.13. The van der Waals surface area contributed by atoms with Gasteiger partial charge in [-0.1, -0.05) is 6.07 Å². The van der Waals surface area contributed by atoms with Crippen LogP contribution in [0.5, 0.6) is 11.5 Å². The van der Waals surface area contributed by atoms with Crippen LogP contribution in [0.15, 0.2) is 18.2 Å². The second-order valence-corrected chi connectivity index (χ2v) is 3.40. The number of benzene rings is 1. The van der Waals surface area contributed by atoms with Crippen molar-refractivity contribution in [1.82, 2.24) is 0 Å². The molecule has 1 aromatic rings. The third kappa shape index (κ3) is 0.697. The van der Waals surface area contributed by atoms with Gasteiger partial charge in [-0.25, -0.2) is 0 Å². The number of ether oxygens (including phenoxy) is 2. The van der Waals surface area contributed by atoms with Crippen molar-refractivity contribution in [3.05, 3.63) is 23.8 Å². The van der Waals surface area contributed by atoms with Crippen molar-refractivity contribution in [2.24, 2.45) is 0 Å². The smallest absolute Gasteiger partial charge is 0.127 e. The lowest BCUT2D eigenvalue weighted by atomic mass is 10.1. The molecule has 1 heterocycles. The third-order valence-electron chi connectivity index (χ3n) is 2.63. The molecule has 2 atom stereocenters. The molecule has 1 aliphatic heterocycles. The monoisotopic (exact) mass is 162 g/mol. The second kappa shape index (κ2) is 1.94. The lowest BCUT2D eigenvalue weighted by molar-refractivity contribution is 0.316. The summed E-state index contributed by atoms with van der Waals surface area (Å²) in [7, 11) is 1.68. The number of methoxy groups -OCH3 is 1. The third-order valence-corrected chi connectivity index (χ3v) is 2.63. The molecule has 12 heavy (non-hydrogen) atoms. The van der Waals surface area contributed by atoms with Gasteiger partial charge >= 0.3 is 0 Å². The minimum absolute atomic E-state index is 0.479. The van der Waals surface area contributed by atoms with E-state index in [0.29, 0.717) is 12.0 Å². The summed E-state index contributed by atoms with van der Waals surface area (Å²) in [6, 6.07) is 6.09. The SMILES string of the molecule is COc1ccc2c(c1)OC1CC21. The van der Waals surface area contributed by atoms with Crippen LogP contribution in [-0.4, -0.2) is 13.2 Å². The lowest BCUT2D eigenvalue weighted by Gasteiger charge is -2.05. The topological polar surface area (TPSA) is 18.5 Å². The van der Waals surface area contributed by atoms with Crippen LogP contribution in [-0.2, 0) is 0 Å². The summed E-state index contributed by atoms with van der Waals surface area (Å²) in [4.78, 5) is 0. The van der Waals surface area contributed by atoms with E-state index in [0.717, 1.165) is 11.5 Å². The van der Waals surface area contributed by atoms with Gasteiger partial charge in [0.1, 0.15) is 17.6 Å². The Labute approximate surface area is 71.1 Å². The highest BCUT2D eigenvalue weighted by atomic mass is 16.5. The maximum Gasteiger partial charge on any atom is 0.127 e. The van der Waals surface area contributed by atoms with Crippen molar-refractivity contribution in [3.63, 3.8) is 0 Å². The van der Waals surface area contributed by atoms with E-state index >= 15 is 0 Å². The molecule has 0 amide bonds. The first-order chi connectivity index (χ1) is 5.88. The zero-order valence-electron chi connectivity index (χ0n) is 6.91. The average Bonchev–Trinajstić information content (AvgIpc) is 2.78. The molecule has 1 aliphatic carbocycles. The largest absolute Gasteiger partial charge is 0.497 e. The van der Waals surface area contributed by atoms with Crippen LogP contribution in [0, 0.1) is 0 Å². The first-order valence-electron chi connectivity index (χ1n) is 4.23. The van der Waals surface area contributed by atoms with Crippen molar-refractivity contribution < 1.29 is 9.47 Å². The van der Waals surface area contributed by atoms with Gasteiger partial charge in [-0.15, -0.1) is 0 Å². The van der Waals surface area contributed by atoms with Gasteiger partial charge in [0.05, 0.1) is 7.11 Å². The normalized spacial score (nSPS) is 28.8. The molecule has 62 valence electrons. The molecule has 3 rings (SSSR count). The Bertz CT molecular complexity index is 333. The fraction of sp³-hybridized carbons (Fsp3) is 0.400. The molecule has 2 nitrogen and oxygen atoms in total. The predicted octanol–water partition coefficient (Wildman–Crippen LogP) is 1.94. The molecule has 0 radical (unpaired) electrons. The number of hydrogen-bond donors (Lipinski definition) is 0. The Hall–Kier alpha value is -1.18. The highest BCUT2D eigenvalue weighted by Gasteiger charge is 2.47. The summed E-state index contributed by atoms with van der Waals surface area (Å²) >= 11 is 0. The molecular formula is C10H10O2. The first kappa shape index (κ1) is 6.35. The Morgan fingerprint density at radius 1 is 1.50 bits per heavy atom. The first-order valence-corrected chi connectivity index (χ1v) is 4.23. The van der Waals surface area contributed by atoms with Gasteiger partial charge in [-0.3, -0.25) is 0 Å². The Morgan fingerprint density at radius 3 is 3.25 bits per heavy atom. The summed E-state index contributed by atoms with van der Waals surface area (Å²) in [6.07, 6.45) is 1.69. The molecule has 2 heteroatoms. The van der Waals surface area contributed by atoms with Gasteiger partial charge in [0, 0.05) is 17.5 Å². The van der Waals surface area contributed by atoms with Gasteiger partial charge in [0.15, 0.2) is 0 Å². The minimum atomic E-state index is 0.479. The van der Waals surface area contributed by atoms with E-state index in [4.69, 9.17) is 9.47 Å². The lowest BCUT2D eigenvalue weighted by Crippen LogP contribution is -1.91. The van der Waals surface area contributed by atoms with Gasteiger partial charge in [0.2, 0.25) is 0 Å². The van der Waals surface area contributed by atoms with Gasteiger partial charge in [0.25, 0.3) is 0 Å². The maximum absolute atomic E-state index is 5.64. The van der Waals surface area contributed by atoms with Gasteiger partial charge in [-0.05, 0) is 12.5 Å². The predicted molar refractivity (Wildman–Crippen MR) is 44.8 cm³/mol. The van der Waals surface area contributed by atoms with E-state index in [-0.39, 0.29) is 0 Å². The van der Waals surface area contributed by atoms with E-state index in [2.05, 4.69) is 6.07 Å². The maximum atomic E-state index is 5.64. The molecule has 2 aliphatic rings. The standard InChI is InChI=1S/C10H10O2/c1-11-6-2-3-7-8-5-10(8)12-9(7)4-6/h2-4,8,10H,5H2,1H3. The number of rotatable bonds is 1. The van der Waals surface area contributed by atoms with Crippen LogP contribution in [0.4, 0.5) is 0 Å². The molecule has 0 saturated heterocycles. The van der Waals surface area contributed by atoms with E-state index < -0.39 is 0 Å². The highest BCUT2D eigenvalue weighted by molar-refractivity contribution is 5.49. The minimum Gasteiger partial charge on any atom is -0.497 e. The van der Waals surface area contributed by atoms with E-state index in [1.165, 1.54) is 12.0 Å². The van der Waals surface area contributed by atoms with E-state index in [1.807, 2.05) is 12.1 Å². The molecule has 1 aromatic carbocycles. The molecule has 0 bridgehead atoms. The quantitative estimate of drug-likeness (QED) is 0.628. The van der Waals surface area contributed by atoms with Crippen molar-refractivity contribution in [3.8, 4) is 11.5 Å². The Balaban J connectivity index is 2.08. The highest BCUT2D eigenvalue weighted by Crippen LogP contribution is 2.53. The Kier molecular flexibility index (Phi) is 1.03. The number of hydrogen-bond acceptors (Lipinski definition) is 2. The van der Waals surface area contributed by atoms with Gasteiger partial charge in [-0.2, -0.15) is 0 Å². The van der Waals surface area contributed by atoms with Crippen LogP contribution < -0.4 is 9.47 Å². The van der Waals surface area contributed by atoms with E-state index in [1.54, 1.807) is 7.11 Å². The van der Waals surface area contributed by atoms with E-state index in [9.17, 15) is 0 Å². The molecule has 1 fully saturated rings. The van der Waals surface area contributed by atoms with Crippen LogP contribution in [0.1, 0.15) is 17.9 Å². The summed E-state index contributed by atoms with van der Waals surface area (Å²) in [5, 5.41) is 0. The fourth-order valence-corrected chi connectivity index (χ4v) is 1.84. The van der Waals surface area contributed by atoms with Crippen molar-refractivity contribution >= 4 is 0 Å².